The summed E-state index contributed by atoms with van der Waals surface area (Å²) in [5, 5.41) is 18.0. The Morgan fingerprint density at radius 3 is 2.37 bits per heavy atom. The number of piperazine rings is 1. The molecule has 1 saturated heterocycles. The van der Waals surface area contributed by atoms with E-state index in [0.717, 1.165) is 5.56 Å². The molecule has 1 saturated carbocycles. The molecule has 0 radical (unpaired) electrons. The van der Waals surface area contributed by atoms with Crippen LogP contribution in [0.2, 0.25) is 5.15 Å². The Labute approximate surface area is 179 Å². The van der Waals surface area contributed by atoms with Crippen LogP contribution in [0.15, 0.2) is 42.5 Å². The Bertz CT molecular complexity index is 1030. The Balaban J connectivity index is 1.47. The SMILES string of the molecule is CC1[C@@H](c2ccccc2)[C@]1(NS(=O)(=O)N1CCN(c2ccc(Cl)nn2)CC1)C(=O)O. The highest BCUT2D eigenvalue weighted by Gasteiger charge is 2.70. The van der Waals surface area contributed by atoms with Gasteiger partial charge >= 0.3 is 5.97 Å². The van der Waals surface area contributed by atoms with Crippen molar-refractivity contribution in [1.82, 2.24) is 19.2 Å². The fourth-order valence-electron chi connectivity index (χ4n) is 4.21. The molecule has 11 heteroatoms. The van der Waals surface area contributed by atoms with Gasteiger partial charge in [-0.15, -0.1) is 10.2 Å². The number of nitrogens with zero attached hydrogens (tertiary/aromatic N) is 4. The second-order valence-corrected chi connectivity index (χ2v) is 9.62. The van der Waals surface area contributed by atoms with Gasteiger partial charge in [-0.1, -0.05) is 48.9 Å². The normalized spacial score (nSPS) is 27.1. The van der Waals surface area contributed by atoms with Gasteiger partial charge in [-0.25, -0.2) is 0 Å². The molecule has 0 amide bonds. The lowest BCUT2D eigenvalue weighted by Gasteiger charge is -2.35. The van der Waals surface area contributed by atoms with E-state index in [1.807, 2.05) is 35.2 Å². The molecule has 1 unspecified atom stereocenters. The fraction of sp³-hybridized carbons (Fsp3) is 0.421. The van der Waals surface area contributed by atoms with Gasteiger partial charge in [0.1, 0.15) is 5.54 Å². The highest BCUT2D eigenvalue weighted by Crippen LogP contribution is 2.57. The van der Waals surface area contributed by atoms with Gasteiger partial charge < -0.3 is 10.0 Å². The zero-order valence-corrected chi connectivity index (χ0v) is 17.8. The number of carboxylic acid groups (broad SMARTS) is 1. The minimum atomic E-state index is -3.99. The largest absolute Gasteiger partial charge is 0.480 e. The number of hydrogen-bond acceptors (Lipinski definition) is 6. The molecule has 0 bridgehead atoms. The number of hydrogen-bond donors (Lipinski definition) is 2. The number of carboxylic acids is 1. The van der Waals surface area contributed by atoms with Crippen molar-refractivity contribution in [2.45, 2.75) is 18.4 Å². The van der Waals surface area contributed by atoms with E-state index in [9.17, 15) is 18.3 Å². The van der Waals surface area contributed by atoms with E-state index >= 15 is 0 Å². The summed E-state index contributed by atoms with van der Waals surface area (Å²) in [6, 6.07) is 12.5. The van der Waals surface area contributed by atoms with Crippen molar-refractivity contribution < 1.29 is 18.3 Å². The van der Waals surface area contributed by atoms with Crippen LogP contribution in [0.25, 0.3) is 0 Å². The first-order valence-corrected chi connectivity index (χ1v) is 11.4. The molecule has 9 nitrogen and oxygen atoms in total. The fourth-order valence-corrected chi connectivity index (χ4v) is 5.91. The Morgan fingerprint density at radius 2 is 1.80 bits per heavy atom. The molecule has 160 valence electrons. The minimum absolute atomic E-state index is 0.208. The van der Waals surface area contributed by atoms with Crippen molar-refractivity contribution >= 4 is 33.6 Å². The van der Waals surface area contributed by atoms with Crippen molar-refractivity contribution in [2.75, 3.05) is 31.1 Å². The molecule has 1 aromatic heterocycles. The molecule has 0 spiro atoms. The van der Waals surface area contributed by atoms with E-state index in [1.165, 1.54) is 4.31 Å². The Morgan fingerprint density at radius 1 is 1.13 bits per heavy atom. The van der Waals surface area contributed by atoms with E-state index in [2.05, 4.69) is 14.9 Å². The molecule has 2 fully saturated rings. The lowest BCUT2D eigenvalue weighted by molar-refractivity contribution is -0.140. The van der Waals surface area contributed by atoms with Crippen LogP contribution in [-0.2, 0) is 15.0 Å². The van der Waals surface area contributed by atoms with Crippen molar-refractivity contribution in [1.29, 1.82) is 0 Å². The number of benzene rings is 1. The standard InChI is InChI=1S/C19H22ClN5O4S/c1-13-17(14-5-3-2-4-6-14)19(13,18(26)27)23-30(28,29)25-11-9-24(10-12-25)16-8-7-15(20)21-22-16/h2-8,13,17,23H,9-12H2,1H3,(H,26,27)/t13?,17-,19-/m0/s1. The molecule has 2 N–H and O–H groups in total. The molecule has 2 aliphatic rings. The molecular formula is C19H22ClN5O4S. The van der Waals surface area contributed by atoms with Gasteiger partial charge in [0.15, 0.2) is 11.0 Å². The molecule has 1 aliphatic carbocycles. The molecule has 2 aromatic rings. The maximum absolute atomic E-state index is 13.0. The number of anilines is 1. The van der Waals surface area contributed by atoms with E-state index in [-0.39, 0.29) is 24.2 Å². The summed E-state index contributed by atoms with van der Waals surface area (Å²) in [7, 11) is -3.99. The summed E-state index contributed by atoms with van der Waals surface area (Å²) < 4.78 is 29.9. The van der Waals surface area contributed by atoms with Crippen LogP contribution in [0, 0.1) is 5.92 Å². The van der Waals surface area contributed by atoms with Crippen LogP contribution in [0.1, 0.15) is 18.4 Å². The molecule has 1 aliphatic heterocycles. The number of halogens is 1. The number of aromatic nitrogens is 2. The average Bonchev–Trinajstić information content (AvgIpc) is 3.33. The van der Waals surface area contributed by atoms with Gasteiger partial charge in [0.25, 0.3) is 10.2 Å². The van der Waals surface area contributed by atoms with Gasteiger partial charge in [-0.3, -0.25) is 4.79 Å². The molecular weight excluding hydrogens is 430 g/mol. The van der Waals surface area contributed by atoms with Crippen molar-refractivity contribution in [3.05, 3.63) is 53.2 Å². The Hall–Kier alpha value is -2.27. The van der Waals surface area contributed by atoms with E-state index in [4.69, 9.17) is 11.6 Å². The van der Waals surface area contributed by atoms with Gasteiger partial charge in [-0.2, -0.15) is 17.4 Å². The average molecular weight is 452 g/mol. The maximum Gasteiger partial charge on any atom is 0.325 e. The van der Waals surface area contributed by atoms with Gasteiger partial charge in [0.05, 0.1) is 0 Å². The summed E-state index contributed by atoms with van der Waals surface area (Å²) >= 11 is 5.76. The summed E-state index contributed by atoms with van der Waals surface area (Å²) in [6.45, 7) is 2.99. The van der Waals surface area contributed by atoms with Gasteiger partial charge in [-0.05, 0) is 23.6 Å². The first kappa shape index (κ1) is 21.0. The van der Waals surface area contributed by atoms with E-state index < -0.39 is 27.6 Å². The topological polar surface area (TPSA) is 116 Å². The van der Waals surface area contributed by atoms with E-state index in [1.54, 1.807) is 19.1 Å². The lowest BCUT2D eigenvalue weighted by atomic mass is 10.1. The smallest absolute Gasteiger partial charge is 0.325 e. The second-order valence-electron chi connectivity index (χ2n) is 7.56. The quantitative estimate of drug-likeness (QED) is 0.680. The first-order valence-electron chi connectivity index (χ1n) is 9.57. The van der Waals surface area contributed by atoms with Crippen LogP contribution in [0.4, 0.5) is 5.82 Å². The second kappa shape index (κ2) is 7.77. The molecule has 30 heavy (non-hydrogen) atoms. The van der Waals surface area contributed by atoms with Crippen molar-refractivity contribution in [2.24, 2.45) is 5.92 Å². The van der Waals surface area contributed by atoms with E-state index in [0.29, 0.717) is 18.9 Å². The number of nitrogens with one attached hydrogen (secondary N) is 1. The molecule has 4 rings (SSSR count). The summed E-state index contributed by atoms with van der Waals surface area (Å²) in [4.78, 5) is 14.0. The molecule has 2 heterocycles. The summed E-state index contributed by atoms with van der Waals surface area (Å²) in [5.41, 5.74) is -0.736. The number of aliphatic carboxylic acids is 1. The zero-order chi connectivity index (χ0) is 21.5. The molecule has 3 atom stereocenters. The zero-order valence-electron chi connectivity index (χ0n) is 16.3. The minimum Gasteiger partial charge on any atom is -0.480 e. The maximum atomic E-state index is 13.0. The van der Waals surface area contributed by atoms with Gasteiger partial charge in [0, 0.05) is 32.1 Å². The lowest BCUT2D eigenvalue weighted by Crippen LogP contribution is -2.56. The Kier molecular flexibility index (Phi) is 5.43. The first-order chi connectivity index (χ1) is 14.3. The monoisotopic (exact) mass is 451 g/mol. The van der Waals surface area contributed by atoms with Crippen LogP contribution in [0.3, 0.4) is 0 Å². The third kappa shape index (κ3) is 3.64. The highest BCUT2D eigenvalue weighted by molar-refractivity contribution is 7.87. The predicted molar refractivity (Wildman–Crippen MR) is 112 cm³/mol. The van der Waals surface area contributed by atoms with Crippen LogP contribution < -0.4 is 9.62 Å². The van der Waals surface area contributed by atoms with Crippen molar-refractivity contribution in [3.63, 3.8) is 0 Å². The van der Waals surface area contributed by atoms with Crippen LogP contribution in [-0.4, -0.2) is 65.7 Å². The van der Waals surface area contributed by atoms with Crippen LogP contribution in [0.5, 0.6) is 0 Å². The summed E-state index contributed by atoms with van der Waals surface area (Å²) in [6.07, 6.45) is 0. The number of rotatable bonds is 6. The summed E-state index contributed by atoms with van der Waals surface area (Å²) in [5.74, 6) is -1.33. The third-order valence-corrected chi connectivity index (χ3v) is 7.77. The third-order valence-electron chi connectivity index (χ3n) is 5.93. The van der Waals surface area contributed by atoms with Gasteiger partial charge in [0.2, 0.25) is 0 Å². The number of carbonyl (C=O) groups is 1. The van der Waals surface area contributed by atoms with Crippen molar-refractivity contribution in [3.8, 4) is 0 Å². The predicted octanol–water partition coefficient (Wildman–Crippen LogP) is 1.34. The van der Waals surface area contributed by atoms with Crippen LogP contribution >= 0.6 is 11.6 Å². The highest BCUT2D eigenvalue weighted by atomic mass is 35.5. The molecule has 1 aromatic carbocycles.